The lowest BCUT2D eigenvalue weighted by Crippen LogP contribution is -2.39. The van der Waals surface area contributed by atoms with Crippen LogP contribution in [-0.4, -0.2) is 35.8 Å². The van der Waals surface area contributed by atoms with E-state index in [4.69, 9.17) is 11.6 Å². The quantitative estimate of drug-likeness (QED) is 0.891. The summed E-state index contributed by atoms with van der Waals surface area (Å²) in [4.78, 5) is 27.4. The molecule has 1 aliphatic heterocycles. The van der Waals surface area contributed by atoms with Crippen LogP contribution >= 0.6 is 11.6 Å². The fourth-order valence-corrected chi connectivity index (χ4v) is 3.57. The fourth-order valence-electron chi connectivity index (χ4n) is 3.44. The number of benzene rings is 2. The monoisotopic (exact) mass is 370 g/mol. The van der Waals surface area contributed by atoms with E-state index in [0.29, 0.717) is 23.7 Å². The Morgan fingerprint density at radius 3 is 2.31 bits per heavy atom. The van der Waals surface area contributed by atoms with Crippen LogP contribution < -0.4 is 5.32 Å². The zero-order valence-corrected chi connectivity index (χ0v) is 15.7. The summed E-state index contributed by atoms with van der Waals surface area (Å²) in [5, 5.41) is 3.59. The molecule has 0 radical (unpaired) electrons. The predicted molar refractivity (Wildman–Crippen MR) is 103 cm³/mol. The normalized spacial score (nSPS) is 19.6. The second-order valence-electron chi connectivity index (χ2n) is 7.00. The van der Waals surface area contributed by atoms with Crippen molar-refractivity contribution in [2.45, 2.75) is 25.8 Å². The Labute approximate surface area is 159 Å². The molecule has 136 valence electrons. The third kappa shape index (κ3) is 4.07. The van der Waals surface area contributed by atoms with Crippen molar-refractivity contribution in [3.05, 3.63) is 70.7 Å². The number of carbonyl (C=O) groups is 2. The average molecular weight is 371 g/mol. The summed E-state index contributed by atoms with van der Waals surface area (Å²) in [5.74, 6) is -0.329. The standard InChI is InChI=1S/C21H23ClN2O2/c1-14(2)23-20(25)19-13-24(12-18(19)15-6-4-3-5-7-15)21(26)16-8-10-17(22)11-9-16/h3-11,14,18-19H,12-13H2,1-2H3,(H,23,25). The molecule has 1 saturated heterocycles. The molecule has 0 spiro atoms. The highest BCUT2D eigenvalue weighted by atomic mass is 35.5. The highest BCUT2D eigenvalue weighted by molar-refractivity contribution is 6.30. The van der Waals surface area contributed by atoms with Crippen LogP contribution in [0.1, 0.15) is 35.7 Å². The molecule has 1 aliphatic rings. The van der Waals surface area contributed by atoms with Crippen molar-refractivity contribution in [1.82, 2.24) is 10.2 Å². The maximum absolute atomic E-state index is 12.9. The molecule has 2 unspecified atom stereocenters. The zero-order chi connectivity index (χ0) is 18.7. The molecule has 0 saturated carbocycles. The van der Waals surface area contributed by atoms with E-state index in [1.54, 1.807) is 29.2 Å². The number of nitrogens with zero attached hydrogens (tertiary/aromatic N) is 1. The van der Waals surface area contributed by atoms with Crippen LogP contribution in [0, 0.1) is 5.92 Å². The van der Waals surface area contributed by atoms with Gasteiger partial charge >= 0.3 is 0 Å². The molecular weight excluding hydrogens is 348 g/mol. The van der Waals surface area contributed by atoms with Crippen LogP contribution in [0.3, 0.4) is 0 Å². The van der Waals surface area contributed by atoms with Crippen LogP contribution in [-0.2, 0) is 4.79 Å². The molecular formula is C21H23ClN2O2. The summed E-state index contributed by atoms with van der Waals surface area (Å²) in [6.07, 6.45) is 0. The van der Waals surface area contributed by atoms with Crippen LogP contribution in [0.5, 0.6) is 0 Å². The Morgan fingerprint density at radius 2 is 1.69 bits per heavy atom. The van der Waals surface area contributed by atoms with Crippen LogP contribution in [0.25, 0.3) is 0 Å². The van der Waals surface area contributed by atoms with Crippen molar-refractivity contribution in [2.24, 2.45) is 5.92 Å². The molecule has 0 aliphatic carbocycles. The van der Waals surface area contributed by atoms with E-state index >= 15 is 0 Å². The lowest BCUT2D eigenvalue weighted by molar-refractivity contribution is -0.125. The van der Waals surface area contributed by atoms with Gasteiger partial charge in [0.25, 0.3) is 5.91 Å². The van der Waals surface area contributed by atoms with Crippen molar-refractivity contribution in [2.75, 3.05) is 13.1 Å². The van der Waals surface area contributed by atoms with E-state index in [2.05, 4.69) is 5.32 Å². The lowest BCUT2D eigenvalue weighted by atomic mass is 9.88. The largest absolute Gasteiger partial charge is 0.354 e. The van der Waals surface area contributed by atoms with Gasteiger partial charge in [-0.3, -0.25) is 9.59 Å². The fraction of sp³-hybridized carbons (Fsp3) is 0.333. The second kappa shape index (κ2) is 7.92. The van der Waals surface area contributed by atoms with Gasteiger partial charge < -0.3 is 10.2 Å². The summed E-state index contributed by atoms with van der Waals surface area (Å²) in [5.41, 5.74) is 1.67. The maximum Gasteiger partial charge on any atom is 0.253 e. The van der Waals surface area contributed by atoms with Gasteiger partial charge in [-0.1, -0.05) is 41.9 Å². The number of rotatable bonds is 4. The van der Waals surface area contributed by atoms with Gasteiger partial charge in [0.1, 0.15) is 0 Å². The lowest BCUT2D eigenvalue weighted by Gasteiger charge is -2.19. The summed E-state index contributed by atoms with van der Waals surface area (Å²) in [6.45, 7) is 4.84. The smallest absolute Gasteiger partial charge is 0.253 e. The Hall–Kier alpha value is -2.33. The Bertz CT molecular complexity index is 774. The van der Waals surface area contributed by atoms with Gasteiger partial charge in [-0.25, -0.2) is 0 Å². The minimum Gasteiger partial charge on any atom is -0.354 e. The molecule has 0 aromatic heterocycles. The topological polar surface area (TPSA) is 49.4 Å². The van der Waals surface area contributed by atoms with Crippen molar-refractivity contribution in [3.63, 3.8) is 0 Å². The van der Waals surface area contributed by atoms with E-state index in [9.17, 15) is 9.59 Å². The van der Waals surface area contributed by atoms with Gasteiger partial charge in [-0.05, 0) is 43.7 Å². The molecule has 2 aromatic carbocycles. The van der Waals surface area contributed by atoms with Gasteiger partial charge in [0.15, 0.2) is 0 Å². The third-order valence-electron chi connectivity index (χ3n) is 4.69. The predicted octanol–water partition coefficient (Wildman–Crippen LogP) is 3.72. The summed E-state index contributed by atoms with van der Waals surface area (Å²) in [6, 6.07) is 16.9. The molecule has 2 amide bonds. The number of carbonyl (C=O) groups excluding carboxylic acids is 2. The highest BCUT2D eigenvalue weighted by Crippen LogP contribution is 2.33. The number of amides is 2. The number of halogens is 1. The minimum absolute atomic E-state index is 0.000240. The number of hydrogen-bond donors (Lipinski definition) is 1. The highest BCUT2D eigenvalue weighted by Gasteiger charge is 2.40. The zero-order valence-electron chi connectivity index (χ0n) is 15.0. The minimum atomic E-state index is -0.254. The summed E-state index contributed by atoms with van der Waals surface area (Å²) < 4.78 is 0. The molecule has 1 N–H and O–H groups in total. The van der Waals surface area contributed by atoms with E-state index in [1.807, 2.05) is 44.2 Å². The molecule has 3 rings (SSSR count). The molecule has 2 aromatic rings. The molecule has 1 heterocycles. The van der Waals surface area contributed by atoms with Crippen LogP contribution in [0.4, 0.5) is 0 Å². The molecule has 2 atom stereocenters. The first-order valence-corrected chi connectivity index (χ1v) is 9.23. The average Bonchev–Trinajstić information content (AvgIpc) is 3.07. The van der Waals surface area contributed by atoms with E-state index in [-0.39, 0.29) is 29.7 Å². The van der Waals surface area contributed by atoms with Crippen molar-refractivity contribution in [3.8, 4) is 0 Å². The SMILES string of the molecule is CC(C)NC(=O)C1CN(C(=O)c2ccc(Cl)cc2)CC1c1ccccc1. The number of likely N-dealkylation sites (tertiary alicyclic amines) is 1. The second-order valence-corrected chi connectivity index (χ2v) is 7.44. The number of hydrogen-bond acceptors (Lipinski definition) is 2. The van der Waals surface area contributed by atoms with Crippen molar-refractivity contribution < 1.29 is 9.59 Å². The van der Waals surface area contributed by atoms with Crippen molar-refractivity contribution >= 4 is 23.4 Å². The molecule has 5 heteroatoms. The van der Waals surface area contributed by atoms with E-state index in [1.165, 1.54) is 0 Å². The molecule has 4 nitrogen and oxygen atoms in total. The van der Waals surface area contributed by atoms with Gasteiger partial charge in [0.05, 0.1) is 5.92 Å². The van der Waals surface area contributed by atoms with Crippen LogP contribution in [0.15, 0.2) is 54.6 Å². The molecule has 1 fully saturated rings. The van der Waals surface area contributed by atoms with Crippen LogP contribution in [0.2, 0.25) is 5.02 Å². The summed E-state index contributed by atoms with van der Waals surface area (Å²) in [7, 11) is 0. The Balaban J connectivity index is 1.84. The third-order valence-corrected chi connectivity index (χ3v) is 4.95. The summed E-state index contributed by atoms with van der Waals surface area (Å²) >= 11 is 5.91. The Morgan fingerprint density at radius 1 is 1.04 bits per heavy atom. The maximum atomic E-state index is 12.9. The van der Waals surface area contributed by atoms with Gasteiger partial charge in [0, 0.05) is 35.6 Å². The Kier molecular flexibility index (Phi) is 5.62. The first-order chi connectivity index (χ1) is 12.5. The number of nitrogens with one attached hydrogen (secondary N) is 1. The van der Waals surface area contributed by atoms with Gasteiger partial charge in [-0.15, -0.1) is 0 Å². The van der Waals surface area contributed by atoms with E-state index in [0.717, 1.165) is 5.56 Å². The molecule has 26 heavy (non-hydrogen) atoms. The molecule has 0 bridgehead atoms. The van der Waals surface area contributed by atoms with Crippen molar-refractivity contribution in [1.29, 1.82) is 0 Å². The first kappa shape index (κ1) is 18.5. The van der Waals surface area contributed by atoms with Gasteiger partial charge in [-0.2, -0.15) is 0 Å². The first-order valence-electron chi connectivity index (χ1n) is 8.86. The van der Waals surface area contributed by atoms with Gasteiger partial charge in [0.2, 0.25) is 5.91 Å². The van der Waals surface area contributed by atoms with E-state index < -0.39 is 0 Å².